The summed E-state index contributed by atoms with van der Waals surface area (Å²) in [5.41, 5.74) is 0.945. The lowest BCUT2D eigenvalue weighted by Crippen LogP contribution is -2.39. The van der Waals surface area contributed by atoms with E-state index in [0.29, 0.717) is 13.0 Å². The summed E-state index contributed by atoms with van der Waals surface area (Å²) in [7, 11) is 0. The van der Waals surface area contributed by atoms with Gasteiger partial charge in [-0.05, 0) is 23.4 Å². The molecule has 1 atom stereocenters. The topological polar surface area (TPSA) is 40.5 Å². The Morgan fingerprint density at radius 2 is 2.56 bits per heavy atom. The summed E-state index contributed by atoms with van der Waals surface area (Å²) in [6, 6.07) is 1.41. The second-order valence-electron chi connectivity index (χ2n) is 3.78. The van der Waals surface area contributed by atoms with Gasteiger partial charge in [-0.3, -0.25) is 9.69 Å². The fraction of sp³-hybridized carbons (Fsp3) is 0.417. The van der Waals surface area contributed by atoms with E-state index < -0.39 is 12.0 Å². The van der Waals surface area contributed by atoms with Crippen molar-refractivity contribution in [2.24, 2.45) is 0 Å². The van der Waals surface area contributed by atoms with Crippen LogP contribution in [0.25, 0.3) is 0 Å². The maximum atomic E-state index is 11.3. The number of hydrogen-bond acceptors (Lipinski definition) is 3. The Hall–Kier alpha value is -1.31. The minimum atomic E-state index is -0.781. The minimum absolute atomic E-state index is 0.511. The first-order chi connectivity index (χ1) is 7.74. The third kappa shape index (κ3) is 1.97. The van der Waals surface area contributed by atoms with Gasteiger partial charge in [0.1, 0.15) is 6.04 Å². The van der Waals surface area contributed by atoms with Gasteiger partial charge in [0.15, 0.2) is 0 Å². The molecule has 2 heterocycles. The average Bonchev–Trinajstić information content (AvgIpc) is 2.72. The Labute approximate surface area is 98.7 Å². The normalized spacial score (nSPS) is 20.1. The van der Waals surface area contributed by atoms with Gasteiger partial charge in [0.05, 0.1) is 0 Å². The molecule has 4 heteroatoms. The summed E-state index contributed by atoms with van der Waals surface area (Å²) < 4.78 is 0. The quantitative estimate of drug-likeness (QED) is 0.811. The van der Waals surface area contributed by atoms with E-state index in [2.05, 4.69) is 5.92 Å². The van der Waals surface area contributed by atoms with Crippen LogP contribution in [0.4, 0.5) is 0 Å². The standard InChI is InChI=1S/C12H13NO2S/c1-2-3-6-13-7-4-10-9(5-8-16-10)11(13)12(14)15/h1,5,8,11H,3-4,6-7H2,(H,14,15). The van der Waals surface area contributed by atoms with Crippen LogP contribution in [0.15, 0.2) is 11.4 Å². The number of fused-ring (bicyclic) bond motifs is 1. The molecule has 1 aliphatic rings. The smallest absolute Gasteiger partial charge is 0.325 e. The van der Waals surface area contributed by atoms with Crippen molar-refractivity contribution >= 4 is 17.3 Å². The number of hydrogen-bond donors (Lipinski definition) is 1. The second kappa shape index (κ2) is 4.69. The van der Waals surface area contributed by atoms with Crippen LogP contribution in [0, 0.1) is 12.3 Å². The zero-order valence-corrected chi connectivity index (χ0v) is 9.67. The van der Waals surface area contributed by atoms with E-state index in [-0.39, 0.29) is 0 Å². The Kier molecular flexibility index (Phi) is 3.28. The second-order valence-corrected chi connectivity index (χ2v) is 4.78. The number of carbonyl (C=O) groups is 1. The molecular formula is C12H13NO2S. The molecule has 0 saturated heterocycles. The lowest BCUT2D eigenvalue weighted by atomic mass is 10.00. The van der Waals surface area contributed by atoms with Crippen molar-refractivity contribution in [1.29, 1.82) is 0 Å². The predicted molar refractivity (Wildman–Crippen MR) is 63.4 cm³/mol. The summed E-state index contributed by atoms with van der Waals surface area (Å²) in [4.78, 5) is 14.5. The molecule has 1 aromatic rings. The number of carboxylic acids is 1. The highest BCUT2D eigenvalue weighted by Gasteiger charge is 2.32. The van der Waals surface area contributed by atoms with Gasteiger partial charge in [-0.1, -0.05) is 0 Å². The van der Waals surface area contributed by atoms with Crippen molar-refractivity contribution in [3.05, 3.63) is 21.9 Å². The minimum Gasteiger partial charge on any atom is -0.480 e. The Balaban J connectivity index is 2.24. The van der Waals surface area contributed by atoms with Crippen LogP contribution in [0.2, 0.25) is 0 Å². The summed E-state index contributed by atoms with van der Waals surface area (Å²) in [5, 5.41) is 11.2. The van der Waals surface area contributed by atoms with Gasteiger partial charge in [-0.2, -0.15) is 0 Å². The molecule has 0 aromatic carbocycles. The molecule has 1 aromatic heterocycles. The van der Waals surface area contributed by atoms with Crippen LogP contribution in [0.3, 0.4) is 0 Å². The highest BCUT2D eigenvalue weighted by atomic mass is 32.1. The van der Waals surface area contributed by atoms with Gasteiger partial charge in [0.2, 0.25) is 0 Å². The van der Waals surface area contributed by atoms with Crippen LogP contribution >= 0.6 is 11.3 Å². The van der Waals surface area contributed by atoms with Crippen LogP contribution in [0.1, 0.15) is 22.9 Å². The average molecular weight is 235 g/mol. The van der Waals surface area contributed by atoms with E-state index in [0.717, 1.165) is 18.5 Å². The molecule has 0 aliphatic carbocycles. The van der Waals surface area contributed by atoms with Crippen molar-refractivity contribution < 1.29 is 9.90 Å². The number of thiophene rings is 1. The number of carboxylic acid groups (broad SMARTS) is 1. The third-order valence-corrected chi connectivity index (χ3v) is 3.84. The number of nitrogens with zero attached hydrogens (tertiary/aromatic N) is 1. The first-order valence-corrected chi connectivity index (χ1v) is 6.08. The third-order valence-electron chi connectivity index (χ3n) is 2.84. The van der Waals surface area contributed by atoms with Crippen molar-refractivity contribution in [2.45, 2.75) is 18.9 Å². The fourth-order valence-electron chi connectivity index (χ4n) is 2.11. The van der Waals surface area contributed by atoms with Crippen molar-refractivity contribution in [2.75, 3.05) is 13.1 Å². The van der Waals surface area contributed by atoms with Crippen LogP contribution in [-0.4, -0.2) is 29.1 Å². The number of terminal acetylenes is 1. The zero-order chi connectivity index (χ0) is 11.5. The summed E-state index contributed by atoms with van der Waals surface area (Å²) in [5.74, 6) is 1.78. The van der Waals surface area contributed by atoms with Crippen molar-refractivity contribution in [3.63, 3.8) is 0 Å². The van der Waals surface area contributed by atoms with E-state index in [1.807, 2.05) is 16.3 Å². The lowest BCUT2D eigenvalue weighted by molar-refractivity contribution is -0.144. The molecule has 3 nitrogen and oxygen atoms in total. The molecule has 0 radical (unpaired) electrons. The monoisotopic (exact) mass is 235 g/mol. The molecule has 1 unspecified atom stereocenters. The molecule has 0 fully saturated rings. The van der Waals surface area contributed by atoms with E-state index in [9.17, 15) is 9.90 Å². The largest absolute Gasteiger partial charge is 0.480 e. The molecule has 16 heavy (non-hydrogen) atoms. The van der Waals surface area contributed by atoms with Crippen molar-refractivity contribution in [3.8, 4) is 12.3 Å². The molecule has 2 rings (SSSR count). The molecule has 0 bridgehead atoms. The first-order valence-electron chi connectivity index (χ1n) is 5.20. The summed E-state index contributed by atoms with van der Waals surface area (Å²) in [6.45, 7) is 1.44. The van der Waals surface area contributed by atoms with E-state index in [1.165, 1.54) is 4.88 Å². The van der Waals surface area contributed by atoms with E-state index >= 15 is 0 Å². The summed E-state index contributed by atoms with van der Waals surface area (Å²) in [6.07, 6.45) is 6.75. The Morgan fingerprint density at radius 1 is 1.75 bits per heavy atom. The predicted octanol–water partition coefficient (Wildman–Crippen LogP) is 1.76. The molecule has 1 N–H and O–H groups in total. The van der Waals surface area contributed by atoms with Gasteiger partial charge in [-0.25, -0.2) is 0 Å². The molecular weight excluding hydrogens is 222 g/mol. The molecule has 0 amide bonds. The van der Waals surface area contributed by atoms with Crippen molar-refractivity contribution in [1.82, 2.24) is 4.90 Å². The zero-order valence-electron chi connectivity index (χ0n) is 8.85. The Morgan fingerprint density at radius 3 is 3.25 bits per heavy atom. The Bertz CT molecular complexity index is 432. The number of rotatable bonds is 3. The molecule has 0 spiro atoms. The lowest BCUT2D eigenvalue weighted by Gasteiger charge is -2.32. The van der Waals surface area contributed by atoms with Crippen LogP contribution in [-0.2, 0) is 11.2 Å². The van der Waals surface area contributed by atoms with Gasteiger partial charge >= 0.3 is 5.97 Å². The van der Waals surface area contributed by atoms with E-state index in [4.69, 9.17) is 6.42 Å². The molecule has 84 valence electrons. The highest BCUT2D eigenvalue weighted by Crippen LogP contribution is 2.33. The fourth-order valence-corrected chi connectivity index (χ4v) is 3.01. The molecule has 0 saturated carbocycles. The van der Waals surface area contributed by atoms with Gasteiger partial charge < -0.3 is 5.11 Å². The van der Waals surface area contributed by atoms with E-state index in [1.54, 1.807) is 11.3 Å². The van der Waals surface area contributed by atoms with Gasteiger partial charge in [0, 0.05) is 24.4 Å². The van der Waals surface area contributed by atoms with Gasteiger partial charge in [0.25, 0.3) is 0 Å². The first kappa shape index (κ1) is 11.2. The van der Waals surface area contributed by atoms with Crippen LogP contribution < -0.4 is 0 Å². The molecule has 1 aliphatic heterocycles. The number of aliphatic carboxylic acids is 1. The van der Waals surface area contributed by atoms with Crippen LogP contribution in [0.5, 0.6) is 0 Å². The SMILES string of the molecule is C#CCCN1CCc2sccc2C1C(=O)O. The maximum Gasteiger partial charge on any atom is 0.325 e. The maximum absolute atomic E-state index is 11.3. The van der Waals surface area contributed by atoms with Gasteiger partial charge in [-0.15, -0.1) is 23.7 Å². The summed E-state index contributed by atoms with van der Waals surface area (Å²) >= 11 is 1.64. The highest BCUT2D eigenvalue weighted by molar-refractivity contribution is 7.10.